The molecule has 1 unspecified atom stereocenters. The Labute approximate surface area is 51.0 Å². The standard InChI is InChI=1S/C7H14O/c1-3-7-4-5-8-6(7)2/h6-7H,3-5H2,1-2H3/t6?,7-/m1/s1. The van der Waals surface area contributed by atoms with Gasteiger partial charge >= 0.3 is 0 Å². The number of rotatable bonds is 1. The highest BCUT2D eigenvalue weighted by molar-refractivity contribution is 4.70. The molecule has 0 aliphatic carbocycles. The van der Waals surface area contributed by atoms with E-state index < -0.39 is 0 Å². The van der Waals surface area contributed by atoms with Crippen LogP contribution in [-0.4, -0.2) is 12.7 Å². The SMILES string of the molecule is CC[C@@H]1CCOC1C. The fraction of sp³-hybridized carbons (Fsp3) is 1.00. The normalized spacial score (nSPS) is 38.2. The predicted molar refractivity (Wildman–Crippen MR) is 33.8 cm³/mol. The lowest BCUT2D eigenvalue weighted by atomic mass is 10.0. The van der Waals surface area contributed by atoms with Crippen molar-refractivity contribution in [1.82, 2.24) is 0 Å². The number of hydrogen-bond donors (Lipinski definition) is 0. The zero-order chi connectivity index (χ0) is 5.98. The molecule has 1 nitrogen and oxygen atoms in total. The number of hydrogen-bond acceptors (Lipinski definition) is 1. The Morgan fingerprint density at radius 2 is 2.38 bits per heavy atom. The summed E-state index contributed by atoms with van der Waals surface area (Å²) in [5.74, 6) is 0.843. The van der Waals surface area contributed by atoms with Gasteiger partial charge in [-0.3, -0.25) is 0 Å². The summed E-state index contributed by atoms with van der Waals surface area (Å²) >= 11 is 0. The predicted octanol–water partition coefficient (Wildman–Crippen LogP) is 1.82. The van der Waals surface area contributed by atoms with E-state index in [0.29, 0.717) is 6.10 Å². The third kappa shape index (κ3) is 1.03. The summed E-state index contributed by atoms with van der Waals surface area (Å²) in [5, 5.41) is 0. The van der Waals surface area contributed by atoms with Crippen molar-refractivity contribution >= 4 is 0 Å². The molecular weight excluding hydrogens is 100 g/mol. The van der Waals surface area contributed by atoms with Crippen LogP contribution in [0.25, 0.3) is 0 Å². The van der Waals surface area contributed by atoms with Gasteiger partial charge in [0.2, 0.25) is 0 Å². The van der Waals surface area contributed by atoms with Gasteiger partial charge in [0.25, 0.3) is 0 Å². The van der Waals surface area contributed by atoms with E-state index >= 15 is 0 Å². The highest BCUT2D eigenvalue weighted by atomic mass is 16.5. The summed E-state index contributed by atoms with van der Waals surface area (Å²) in [6.07, 6.45) is 3.08. The van der Waals surface area contributed by atoms with Crippen molar-refractivity contribution < 1.29 is 4.74 Å². The first-order valence-corrected chi connectivity index (χ1v) is 3.46. The van der Waals surface area contributed by atoms with Crippen molar-refractivity contribution in [2.45, 2.75) is 32.8 Å². The molecule has 8 heavy (non-hydrogen) atoms. The van der Waals surface area contributed by atoms with E-state index in [2.05, 4.69) is 13.8 Å². The fourth-order valence-corrected chi connectivity index (χ4v) is 1.31. The molecule has 0 radical (unpaired) electrons. The molecule has 1 fully saturated rings. The first-order valence-electron chi connectivity index (χ1n) is 3.46. The van der Waals surface area contributed by atoms with Crippen molar-refractivity contribution in [1.29, 1.82) is 0 Å². The minimum Gasteiger partial charge on any atom is -0.378 e. The van der Waals surface area contributed by atoms with Gasteiger partial charge in [0.1, 0.15) is 0 Å². The van der Waals surface area contributed by atoms with Crippen LogP contribution in [0, 0.1) is 5.92 Å². The first kappa shape index (κ1) is 6.09. The molecule has 0 N–H and O–H groups in total. The molecule has 0 aromatic carbocycles. The van der Waals surface area contributed by atoms with Gasteiger partial charge in [-0.1, -0.05) is 13.3 Å². The third-order valence-corrected chi connectivity index (χ3v) is 2.06. The smallest absolute Gasteiger partial charge is 0.0575 e. The minimum absolute atomic E-state index is 0.528. The van der Waals surface area contributed by atoms with Crippen molar-refractivity contribution in [3.63, 3.8) is 0 Å². The van der Waals surface area contributed by atoms with Crippen LogP contribution in [0.1, 0.15) is 26.7 Å². The Balaban J connectivity index is 2.30. The highest BCUT2D eigenvalue weighted by Gasteiger charge is 2.21. The maximum Gasteiger partial charge on any atom is 0.0575 e. The largest absolute Gasteiger partial charge is 0.378 e. The Morgan fingerprint density at radius 1 is 1.62 bits per heavy atom. The van der Waals surface area contributed by atoms with Crippen LogP contribution in [0.15, 0.2) is 0 Å². The van der Waals surface area contributed by atoms with Gasteiger partial charge in [0, 0.05) is 6.61 Å². The Hall–Kier alpha value is -0.0400. The summed E-state index contributed by atoms with van der Waals surface area (Å²) in [6.45, 7) is 5.39. The maximum absolute atomic E-state index is 5.36. The third-order valence-electron chi connectivity index (χ3n) is 2.06. The van der Waals surface area contributed by atoms with Gasteiger partial charge in [-0.05, 0) is 19.3 Å². The molecular formula is C7H14O. The Morgan fingerprint density at radius 3 is 2.62 bits per heavy atom. The van der Waals surface area contributed by atoms with Crippen molar-refractivity contribution in [2.24, 2.45) is 5.92 Å². The monoisotopic (exact) mass is 114 g/mol. The van der Waals surface area contributed by atoms with E-state index in [0.717, 1.165) is 12.5 Å². The molecule has 1 aliphatic heterocycles. The second-order valence-electron chi connectivity index (χ2n) is 2.53. The molecule has 1 saturated heterocycles. The molecule has 0 spiro atoms. The van der Waals surface area contributed by atoms with E-state index in [9.17, 15) is 0 Å². The van der Waals surface area contributed by atoms with Gasteiger partial charge in [-0.25, -0.2) is 0 Å². The second kappa shape index (κ2) is 2.49. The maximum atomic E-state index is 5.36. The van der Waals surface area contributed by atoms with Gasteiger partial charge in [0.15, 0.2) is 0 Å². The molecule has 0 aromatic rings. The van der Waals surface area contributed by atoms with E-state index in [4.69, 9.17) is 4.74 Å². The molecule has 0 amide bonds. The zero-order valence-electron chi connectivity index (χ0n) is 5.68. The lowest BCUT2D eigenvalue weighted by molar-refractivity contribution is 0.105. The second-order valence-corrected chi connectivity index (χ2v) is 2.53. The molecule has 1 heteroatoms. The van der Waals surface area contributed by atoms with Gasteiger partial charge in [-0.15, -0.1) is 0 Å². The molecule has 48 valence electrons. The molecule has 0 aromatic heterocycles. The average Bonchev–Trinajstić information content (AvgIpc) is 2.14. The summed E-state index contributed by atoms with van der Waals surface area (Å²) in [6, 6.07) is 0. The van der Waals surface area contributed by atoms with E-state index in [1.54, 1.807) is 0 Å². The molecule has 2 atom stereocenters. The quantitative estimate of drug-likeness (QED) is 0.505. The molecule has 0 saturated carbocycles. The zero-order valence-corrected chi connectivity index (χ0v) is 5.68. The lowest BCUT2D eigenvalue weighted by Gasteiger charge is -2.09. The first-order chi connectivity index (χ1) is 3.84. The van der Waals surface area contributed by atoms with Crippen LogP contribution in [0.4, 0.5) is 0 Å². The highest BCUT2D eigenvalue weighted by Crippen LogP contribution is 2.22. The van der Waals surface area contributed by atoms with Crippen LogP contribution in [0.3, 0.4) is 0 Å². The van der Waals surface area contributed by atoms with Gasteiger partial charge in [0.05, 0.1) is 6.10 Å². The van der Waals surface area contributed by atoms with Crippen LogP contribution < -0.4 is 0 Å². The van der Waals surface area contributed by atoms with Crippen LogP contribution in [0.5, 0.6) is 0 Å². The summed E-state index contributed by atoms with van der Waals surface area (Å²) < 4.78 is 5.36. The van der Waals surface area contributed by atoms with E-state index in [1.807, 2.05) is 0 Å². The van der Waals surface area contributed by atoms with Crippen molar-refractivity contribution in [2.75, 3.05) is 6.61 Å². The summed E-state index contributed by atoms with van der Waals surface area (Å²) in [4.78, 5) is 0. The molecule has 1 rings (SSSR count). The molecule has 0 bridgehead atoms. The van der Waals surface area contributed by atoms with E-state index in [-0.39, 0.29) is 0 Å². The van der Waals surface area contributed by atoms with Gasteiger partial charge in [-0.2, -0.15) is 0 Å². The van der Waals surface area contributed by atoms with Crippen LogP contribution >= 0.6 is 0 Å². The van der Waals surface area contributed by atoms with Crippen LogP contribution in [0.2, 0.25) is 0 Å². The Kier molecular flexibility index (Phi) is 1.90. The van der Waals surface area contributed by atoms with E-state index in [1.165, 1.54) is 12.8 Å². The van der Waals surface area contributed by atoms with Crippen molar-refractivity contribution in [3.05, 3.63) is 0 Å². The summed E-state index contributed by atoms with van der Waals surface area (Å²) in [7, 11) is 0. The summed E-state index contributed by atoms with van der Waals surface area (Å²) in [5.41, 5.74) is 0. The fourth-order valence-electron chi connectivity index (χ4n) is 1.31. The Bertz CT molecular complexity index is 70.8. The minimum atomic E-state index is 0.528. The topological polar surface area (TPSA) is 9.23 Å². The van der Waals surface area contributed by atoms with Crippen LogP contribution in [-0.2, 0) is 4.74 Å². The van der Waals surface area contributed by atoms with Gasteiger partial charge < -0.3 is 4.74 Å². The lowest BCUT2D eigenvalue weighted by Crippen LogP contribution is -2.09. The number of ether oxygens (including phenoxy) is 1. The molecule has 1 heterocycles. The molecule has 1 aliphatic rings. The average molecular weight is 114 g/mol. The van der Waals surface area contributed by atoms with Crippen molar-refractivity contribution in [3.8, 4) is 0 Å².